The highest BCUT2D eigenvalue weighted by Gasteiger charge is 2.61. The fourth-order valence-electron chi connectivity index (χ4n) is 4.24. The summed E-state index contributed by atoms with van der Waals surface area (Å²) in [5.41, 5.74) is 1.98. The second-order valence-electron chi connectivity index (χ2n) is 7.03. The molecule has 0 radical (unpaired) electrons. The first-order chi connectivity index (χ1) is 10.3. The molecule has 5 rings (SSSR count). The topological polar surface area (TPSA) is 68.6 Å². The van der Waals surface area contributed by atoms with Gasteiger partial charge in [0.2, 0.25) is 0 Å². The van der Waals surface area contributed by atoms with Gasteiger partial charge >= 0.3 is 0 Å². The van der Waals surface area contributed by atoms with Crippen molar-refractivity contribution < 1.29 is 0 Å². The number of aromatic nitrogens is 3. The number of nitrogens with zero attached hydrogens (tertiary/aromatic N) is 4. The predicted molar refractivity (Wildman–Crippen MR) is 78.7 cm³/mol. The standard InChI is InChI=1S/C16H17N5/c17-5-11-6-18-14-13(11)15(20-9-19-14)21-7-12-4-16(12,8-21)3-10-1-2-10/h6,9-10,12H,1-4,7-8H2,(H,18,19,20). The van der Waals surface area contributed by atoms with Crippen LogP contribution in [0, 0.1) is 28.6 Å². The first-order valence-corrected chi connectivity index (χ1v) is 7.76. The van der Waals surface area contributed by atoms with E-state index >= 15 is 0 Å². The van der Waals surface area contributed by atoms with Crippen LogP contribution in [0.1, 0.15) is 31.2 Å². The summed E-state index contributed by atoms with van der Waals surface area (Å²) in [6, 6.07) is 2.25. The van der Waals surface area contributed by atoms with E-state index in [1.807, 2.05) is 0 Å². The van der Waals surface area contributed by atoms with Crippen molar-refractivity contribution in [3.8, 4) is 6.07 Å². The van der Waals surface area contributed by atoms with E-state index in [-0.39, 0.29) is 0 Å². The monoisotopic (exact) mass is 279 g/mol. The van der Waals surface area contributed by atoms with Gasteiger partial charge in [-0.1, -0.05) is 12.8 Å². The van der Waals surface area contributed by atoms with Gasteiger partial charge in [-0.05, 0) is 30.1 Å². The van der Waals surface area contributed by atoms with Crippen LogP contribution in [0.4, 0.5) is 5.82 Å². The molecule has 1 saturated heterocycles. The summed E-state index contributed by atoms with van der Waals surface area (Å²) in [4.78, 5) is 14.2. The normalized spacial score (nSPS) is 30.4. The van der Waals surface area contributed by atoms with Crippen molar-refractivity contribution in [3.05, 3.63) is 18.1 Å². The average Bonchev–Trinajstić information content (AvgIpc) is 3.35. The van der Waals surface area contributed by atoms with Crippen molar-refractivity contribution in [2.45, 2.75) is 25.7 Å². The molecule has 3 fully saturated rings. The molecule has 1 N–H and O–H groups in total. The van der Waals surface area contributed by atoms with E-state index in [1.165, 1.54) is 25.7 Å². The van der Waals surface area contributed by atoms with Crippen molar-refractivity contribution in [3.63, 3.8) is 0 Å². The van der Waals surface area contributed by atoms with Crippen molar-refractivity contribution in [2.75, 3.05) is 18.0 Å². The smallest absolute Gasteiger partial charge is 0.144 e. The number of nitriles is 1. The number of nitrogens with one attached hydrogen (secondary N) is 1. The molecule has 2 unspecified atom stereocenters. The van der Waals surface area contributed by atoms with Gasteiger partial charge in [0.1, 0.15) is 23.9 Å². The molecule has 2 aliphatic carbocycles. The summed E-state index contributed by atoms with van der Waals surface area (Å²) < 4.78 is 0. The van der Waals surface area contributed by atoms with Gasteiger partial charge in [0, 0.05) is 19.3 Å². The Morgan fingerprint density at radius 1 is 1.43 bits per heavy atom. The molecule has 2 aromatic heterocycles. The zero-order valence-corrected chi connectivity index (χ0v) is 11.8. The molecule has 1 aliphatic heterocycles. The minimum absolute atomic E-state index is 0.557. The Bertz CT molecular complexity index is 769. The summed E-state index contributed by atoms with van der Waals surface area (Å²) in [6.45, 7) is 2.20. The molecule has 0 aromatic carbocycles. The number of anilines is 1. The van der Waals surface area contributed by atoms with Gasteiger partial charge in [-0.15, -0.1) is 0 Å². The summed E-state index contributed by atoms with van der Waals surface area (Å²) in [5.74, 6) is 2.77. The van der Waals surface area contributed by atoms with E-state index < -0.39 is 0 Å². The summed E-state index contributed by atoms with van der Waals surface area (Å²) in [6.07, 6.45) is 9.00. The third kappa shape index (κ3) is 1.62. The maximum absolute atomic E-state index is 9.29. The Hall–Kier alpha value is -2.09. The minimum Gasteiger partial charge on any atom is -0.355 e. The Kier molecular flexibility index (Phi) is 2.07. The van der Waals surface area contributed by atoms with Crippen molar-refractivity contribution in [2.24, 2.45) is 17.3 Å². The first kappa shape index (κ1) is 11.6. The van der Waals surface area contributed by atoms with Gasteiger partial charge in [0.25, 0.3) is 0 Å². The van der Waals surface area contributed by atoms with E-state index in [1.54, 1.807) is 12.5 Å². The lowest BCUT2D eigenvalue weighted by Crippen LogP contribution is -2.26. The number of piperidine rings is 1. The van der Waals surface area contributed by atoms with E-state index in [4.69, 9.17) is 0 Å². The highest BCUT2D eigenvalue weighted by Crippen LogP contribution is 2.64. The molecule has 106 valence electrons. The van der Waals surface area contributed by atoms with Gasteiger partial charge in [0.15, 0.2) is 0 Å². The number of hydrogen-bond acceptors (Lipinski definition) is 4. The lowest BCUT2D eigenvalue weighted by Gasteiger charge is -2.22. The van der Waals surface area contributed by atoms with Crippen molar-refractivity contribution in [1.29, 1.82) is 5.26 Å². The molecule has 21 heavy (non-hydrogen) atoms. The summed E-state index contributed by atoms with van der Waals surface area (Å²) in [7, 11) is 0. The number of rotatable bonds is 3. The third-order valence-electron chi connectivity index (χ3n) is 5.57. The molecule has 2 aromatic rings. The van der Waals surface area contributed by atoms with Crippen LogP contribution in [-0.2, 0) is 0 Å². The van der Waals surface area contributed by atoms with Crippen LogP contribution in [-0.4, -0.2) is 28.0 Å². The van der Waals surface area contributed by atoms with E-state index in [0.29, 0.717) is 11.0 Å². The van der Waals surface area contributed by atoms with Gasteiger partial charge < -0.3 is 9.88 Å². The van der Waals surface area contributed by atoms with Crippen molar-refractivity contribution in [1.82, 2.24) is 15.0 Å². The molecule has 0 spiro atoms. The summed E-state index contributed by atoms with van der Waals surface area (Å²) >= 11 is 0. The van der Waals surface area contributed by atoms with Crippen LogP contribution in [0.15, 0.2) is 12.5 Å². The lowest BCUT2D eigenvalue weighted by molar-refractivity contribution is 0.449. The van der Waals surface area contributed by atoms with Crippen LogP contribution in [0.2, 0.25) is 0 Å². The van der Waals surface area contributed by atoms with Crippen LogP contribution >= 0.6 is 0 Å². The molecule has 2 atom stereocenters. The summed E-state index contributed by atoms with van der Waals surface area (Å²) in [5, 5.41) is 10.2. The van der Waals surface area contributed by atoms with Crippen LogP contribution < -0.4 is 4.90 Å². The zero-order valence-electron chi connectivity index (χ0n) is 11.8. The lowest BCUT2D eigenvalue weighted by atomic mass is 9.98. The molecule has 0 amide bonds. The fourth-order valence-corrected chi connectivity index (χ4v) is 4.24. The van der Waals surface area contributed by atoms with E-state index in [0.717, 1.165) is 41.8 Å². The molecule has 3 heterocycles. The fraction of sp³-hybridized carbons (Fsp3) is 0.562. The van der Waals surface area contributed by atoms with Crippen LogP contribution in [0.3, 0.4) is 0 Å². The predicted octanol–water partition coefficient (Wildman–Crippen LogP) is 2.46. The molecule has 3 aliphatic rings. The SMILES string of the molecule is N#Cc1c[nH]c2ncnc(N3CC4CC4(CC4CC4)C3)c12. The average molecular weight is 279 g/mol. The molecule has 5 heteroatoms. The number of H-pyrrole nitrogens is 1. The third-order valence-corrected chi connectivity index (χ3v) is 5.57. The molecule has 0 bridgehead atoms. The van der Waals surface area contributed by atoms with Crippen LogP contribution in [0.5, 0.6) is 0 Å². The Balaban J connectivity index is 1.51. The van der Waals surface area contributed by atoms with E-state index in [2.05, 4.69) is 25.9 Å². The number of fused-ring (bicyclic) bond motifs is 2. The number of hydrogen-bond donors (Lipinski definition) is 1. The second kappa shape index (κ2) is 3.76. The molecule has 5 nitrogen and oxygen atoms in total. The van der Waals surface area contributed by atoms with Crippen LogP contribution in [0.25, 0.3) is 11.0 Å². The number of aromatic amines is 1. The van der Waals surface area contributed by atoms with Gasteiger partial charge in [-0.25, -0.2) is 9.97 Å². The van der Waals surface area contributed by atoms with E-state index in [9.17, 15) is 5.26 Å². The molecular weight excluding hydrogens is 262 g/mol. The highest BCUT2D eigenvalue weighted by molar-refractivity contribution is 5.93. The zero-order chi connectivity index (χ0) is 14.0. The Morgan fingerprint density at radius 3 is 3.14 bits per heavy atom. The Labute approximate surface area is 123 Å². The van der Waals surface area contributed by atoms with Gasteiger partial charge in [-0.2, -0.15) is 5.26 Å². The maximum Gasteiger partial charge on any atom is 0.144 e. The minimum atomic E-state index is 0.557. The van der Waals surface area contributed by atoms with Gasteiger partial charge in [0.05, 0.1) is 10.9 Å². The molecule has 2 saturated carbocycles. The van der Waals surface area contributed by atoms with Crippen molar-refractivity contribution >= 4 is 16.9 Å². The highest BCUT2D eigenvalue weighted by atomic mass is 15.2. The Morgan fingerprint density at radius 2 is 2.33 bits per heavy atom. The second-order valence-corrected chi connectivity index (χ2v) is 7.03. The van der Waals surface area contributed by atoms with Gasteiger partial charge in [-0.3, -0.25) is 0 Å². The molecular formula is C16H17N5. The largest absolute Gasteiger partial charge is 0.355 e. The first-order valence-electron chi connectivity index (χ1n) is 7.76. The quantitative estimate of drug-likeness (QED) is 0.937. The maximum atomic E-state index is 9.29.